The minimum Gasteiger partial charge on any atom is -0.467 e. The molecular formula is C30H25NO4. The fourth-order valence-corrected chi connectivity index (χ4v) is 3.81. The van der Waals surface area contributed by atoms with E-state index in [1.165, 1.54) is 7.11 Å². The Morgan fingerprint density at radius 3 is 1.77 bits per heavy atom. The van der Waals surface area contributed by atoms with Crippen LogP contribution in [-0.4, -0.2) is 30.8 Å². The highest BCUT2D eigenvalue weighted by atomic mass is 16.5. The van der Waals surface area contributed by atoms with Crippen LogP contribution < -0.4 is 5.32 Å². The van der Waals surface area contributed by atoms with Gasteiger partial charge in [-0.1, -0.05) is 97.1 Å². The number of methoxy groups -OCH3 is 1. The van der Waals surface area contributed by atoms with Crippen LogP contribution in [0.25, 0.3) is 11.1 Å². The van der Waals surface area contributed by atoms with Crippen LogP contribution >= 0.6 is 0 Å². The lowest BCUT2D eigenvalue weighted by Gasteiger charge is -2.17. The topological polar surface area (TPSA) is 72.5 Å². The van der Waals surface area contributed by atoms with Crippen LogP contribution in [0, 0.1) is 0 Å². The lowest BCUT2D eigenvalue weighted by molar-refractivity contribution is -0.142. The SMILES string of the molecule is COC(=O)[C@H](Cc1ccc(C(=O)c2ccccc2)cc1)NC(=O)c1ccc(-c2ccccc2)cc1. The van der Waals surface area contributed by atoms with Crippen molar-refractivity contribution in [3.63, 3.8) is 0 Å². The second kappa shape index (κ2) is 11.1. The van der Waals surface area contributed by atoms with Crippen LogP contribution in [0.4, 0.5) is 0 Å². The fourth-order valence-electron chi connectivity index (χ4n) is 3.81. The Hall–Kier alpha value is -4.51. The Balaban J connectivity index is 1.44. The molecule has 1 atom stereocenters. The lowest BCUT2D eigenvalue weighted by Crippen LogP contribution is -2.43. The van der Waals surface area contributed by atoms with Gasteiger partial charge in [-0.05, 0) is 28.8 Å². The van der Waals surface area contributed by atoms with Gasteiger partial charge in [-0.15, -0.1) is 0 Å². The molecule has 0 unspecified atom stereocenters. The first-order chi connectivity index (χ1) is 17.0. The van der Waals surface area contributed by atoms with Crippen molar-refractivity contribution in [1.29, 1.82) is 0 Å². The summed E-state index contributed by atoms with van der Waals surface area (Å²) in [5.74, 6) is -0.978. The van der Waals surface area contributed by atoms with Gasteiger partial charge in [-0.3, -0.25) is 9.59 Å². The maximum atomic E-state index is 12.9. The number of ether oxygens (including phenoxy) is 1. The minimum absolute atomic E-state index is 0.0751. The molecular weight excluding hydrogens is 438 g/mol. The maximum absolute atomic E-state index is 12.9. The van der Waals surface area contributed by atoms with Gasteiger partial charge in [0.05, 0.1) is 7.11 Å². The predicted octanol–water partition coefficient (Wildman–Crippen LogP) is 5.10. The molecule has 0 spiro atoms. The first-order valence-electron chi connectivity index (χ1n) is 11.3. The highest BCUT2D eigenvalue weighted by Crippen LogP contribution is 2.19. The van der Waals surface area contributed by atoms with E-state index >= 15 is 0 Å². The third-order valence-electron chi connectivity index (χ3n) is 5.74. The van der Waals surface area contributed by atoms with E-state index in [0.29, 0.717) is 16.7 Å². The molecule has 0 saturated heterocycles. The van der Waals surface area contributed by atoms with E-state index in [-0.39, 0.29) is 18.1 Å². The van der Waals surface area contributed by atoms with Gasteiger partial charge >= 0.3 is 5.97 Å². The molecule has 0 aliphatic carbocycles. The average Bonchev–Trinajstić information content (AvgIpc) is 2.93. The number of carbonyl (C=O) groups excluding carboxylic acids is 3. The molecule has 0 saturated carbocycles. The average molecular weight is 464 g/mol. The Bertz CT molecular complexity index is 1300. The van der Waals surface area contributed by atoms with E-state index in [1.807, 2.05) is 60.7 Å². The summed E-state index contributed by atoms with van der Waals surface area (Å²) in [5.41, 5.74) is 4.46. The van der Waals surface area contributed by atoms with E-state index in [2.05, 4.69) is 5.32 Å². The van der Waals surface area contributed by atoms with Crippen LogP contribution in [0.1, 0.15) is 31.8 Å². The lowest BCUT2D eigenvalue weighted by atomic mass is 9.99. The second-order valence-corrected chi connectivity index (χ2v) is 8.09. The third kappa shape index (κ3) is 5.89. The van der Waals surface area contributed by atoms with E-state index < -0.39 is 12.0 Å². The molecule has 5 nitrogen and oxygen atoms in total. The minimum atomic E-state index is -0.864. The van der Waals surface area contributed by atoms with Crippen molar-refractivity contribution in [3.05, 3.63) is 131 Å². The van der Waals surface area contributed by atoms with Crippen molar-refractivity contribution < 1.29 is 19.1 Å². The number of amides is 1. The fraction of sp³-hybridized carbons (Fsp3) is 0.100. The molecule has 0 fully saturated rings. The largest absolute Gasteiger partial charge is 0.467 e. The molecule has 35 heavy (non-hydrogen) atoms. The van der Waals surface area contributed by atoms with Gasteiger partial charge < -0.3 is 10.1 Å². The van der Waals surface area contributed by atoms with E-state index in [4.69, 9.17) is 4.74 Å². The van der Waals surface area contributed by atoms with Gasteiger partial charge in [-0.25, -0.2) is 4.79 Å². The monoisotopic (exact) mass is 463 g/mol. The molecule has 0 radical (unpaired) electrons. The number of nitrogens with one attached hydrogen (secondary N) is 1. The second-order valence-electron chi connectivity index (χ2n) is 8.09. The van der Waals surface area contributed by atoms with Crippen LogP contribution in [0.3, 0.4) is 0 Å². The number of esters is 1. The molecule has 5 heteroatoms. The van der Waals surface area contributed by atoms with Crippen molar-refractivity contribution >= 4 is 17.7 Å². The molecule has 1 N–H and O–H groups in total. The zero-order valence-corrected chi connectivity index (χ0v) is 19.3. The Labute approximate surface area is 204 Å². The standard InChI is InChI=1S/C30H25NO4/c1-35-30(34)27(20-21-12-14-25(15-13-21)28(32)24-10-6-3-7-11-24)31-29(33)26-18-16-23(17-19-26)22-8-4-2-5-9-22/h2-19,27H,20H2,1H3,(H,31,33)/t27-/m0/s1. The summed E-state index contributed by atoms with van der Waals surface area (Å²) in [5, 5.41) is 2.77. The van der Waals surface area contributed by atoms with Gasteiger partial charge in [0.25, 0.3) is 5.91 Å². The summed E-state index contributed by atoms with van der Waals surface area (Å²) in [7, 11) is 1.29. The molecule has 0 aliphatic heterocycles. The van der Waals surface area contributed by atoms with Gasteiger partial charge in [-0.2, -0.15) is 0 Å². The Morgan fingerprint density at radius 1 is 0.657 bits per heavy atom. The molecule has 0 aliphatic rings. The number of rotatable bonds is 8. The normalized spacial score (nSPS) is 11.3. The predicted molar refractivity (Wildman–Crippen MR) is 135 cm³/mol. The molecule has 1 amide bonds. The number of carbonyl (C=O) groups is 3. The number of hydrogen-bond donors (Lipinski definition) is 1. The summed E-state index contributed by atoms with van der Waals surface area (Å²) in [6.07, 6.45) is 0.236. The molecule has 4 rings (SSSR count). The van der Waals surface area contributed by atoms with Crippen LogP contribution in [-0.2, 0) is 16.0 Å². The molecule has 0 bridgehead atoms. The molecule has 0 heterocycles. The van der Waals surface area contributed by atoms with Crippen LogP contribution in [0.2, 0.25) is 0 Å². The molecule has 4 aromatic rings. The summed E-state index contributed by atoms with van der Waals surface area (Å²) in [6.45, 7) is 0. The molecule has 4 aromatic carbocycles. The smallest absolute Gasteiger partial charge is 0.328 e. The highest BCUT2D eigenvalue weighted by Gasteiger charge is 2.23. The maximum Gasteiger partial charge on any atom is 0.328 e. The summed E-state index contributed by atoms with van der Waals surface area (Å²) >= 11 is 0. The number of benzene rings is 4. The number of hydrogen-bond acceptors (Lipinski definition) is 4. The third-order valence-corrected chi connectivity index (χ3v) is 5.74. The van der Waals surface area contributed by atoms with E-state index in [1.54, 1.807) is 48.5 Å². The van der Waals surface area contributed by atoms with Crippen molar-refractivity contribution in [3.8, 4) is 11.1 Å². The zero-order valence-electron chi connectivity index (χ0n) is 19.3. The van der Waals surface area contributed by atoms with Crippen molar-refractivity contribution in [2.24, 2.45) is 0 Å². The Morgan fingerprint density at radius 2 is 1.17 bits per heavy atom. The van der Waals surface area contributed by atoms with Crippen LogP contribution in [0.15, 0.2) is 109 Å². The number of ketones is 1. The molecule has 0 aromatic heterocycles. The van der Waals surface area contributed by atoms with E-state index in [0.717, 1.165) is 16.7 Å². The van der Waals surface area contributed by atoms with Crippen molar-refractivity contribution in [2.45, 2.75) is 12.5 Å². The highest BCUT2D eigenvalue weighted by molar-refractivity contribution is 6.09. The molecule has 174 valence electrons. The van der Waals surface area contributed by atoms with Crippen LogP contribution in [0.5, 0.6) is 0 Å². The van der Waals surface area contributed by atoms with Crippen molar-refractivity contribution in [2.75, 3.05) is 7.11 Å². The summed E-state index contributed by atoms with van der Waals surface area (Å²) in [4.78, 5) is 37.9. The summed E-state index contributed by atoms with van der Waals surface area (Å²) < 4.78 is 4.91. The van der Waals surface area contributed by atoms with Gasteiger partial charge in [0.2, 0.25) is 0 Å². The van der Waals surface area contributed by atoms with Crippen molar-refractivity contribution in [1.82, 2.24) is 5.32 Å². The van der Waals surface area contributed by atoms with Gasteiger partial charge in [0.1, 0.15) is 6.04 Å². The first kappa shape index (κ1) is 23.6. The summed E-state index contributed by atoms with van der Waals surface area (Å²) in [6, 6.07) is 32.3. The quantitative estimate of drug-likeness (QED) is 0.292. The van der Waals surface area contributed by atoms with Gasteiger partial charge in [0, 0.05) is 23.1 Å². The first-order valence-corrected chi connectivity index (χ1v) is 11.3. The van der Waals surface area contributed by atoms with E-state index in [9.17, 15) is 14.4 Å². The Kier molecular flexibility index (Phi) is 7.48. The van der Waals surface area contributed by atoms with Gasteiger partial charge in [0.15, 0.2) is 5.78 Å². The zero-order chi connectivity index (χ0) is 24.6.